The van der Waals surface area contributed by atoms with Crippen LogP contribution in [-0.2, 0) is 11.2 Å². The number of likely N-dealkylation sites (tertiary alicyclic amines) is 1. The first-order valence-electron chi connectivity index (χ1n) is 6.25. The Balaban J connectivity index is 0.00000162. The SMILES string of the molecule is Cl.O=C(O)C1CCN(CCc2ccccc2)CC1. The summed E-state index contributed by atoms with van der Waals surface area (Å²) < 4.78 is 0. The number of piperidine rings is 1. The van der Waals surface area contributed by atoms with Crippen molar-refractivity contribution in [3.05, 3.63) is 35.9 Å². The summed E-state index contributed by atoms with van der Waals surface area (Å²) in [6.07, 6.45) is 2.65. The number of aliphatic carboxylic acids is 1. The number of carboxylic acids is 1. The third-order valence-corrected chi connectivity index (χ3v) is 3.50. The predicted octanol–water partition coefficient (Wildman–Crippen LogP) is 2.45. The van der Waals surface area contributed by atoms with Gasteiger partial charge in [-0.05, 0) is 37.9 Å². The number of benzene rings is 1. The largest absolute Gasteiger partial charge is 0.481 e. The molecule has 0 saturated carbocycles. The Labute approximate surface area is 114 Å². The van der Waals surface area contributed by atoms with Gasteiger partial charge in [0.1, 0.15) is 0 Å². The van der Waals surface area contributed by atoms with E-state index in [-0.39, 0.29) is 18.3 Å². The van der Waals surface area contributed by atoms with Crippen LogP contribution in [0.5, 0.6) is 0 Å². The summed E-state index contributed by atoms with van der Waals surface area (Å²) in [5, 5.41) is 8.91. The smallest absolute Gasteiger partial charge is 0.306 e. The van der Waals surface area contributed by atoms with Gasteiger partial charge in [0.25, 0.3) is 0 Å². The fraction of sp³-hybridized carbons (Fsp3) is 0.500. The lowest BCUT2D eigenvalue weighted by atomic mass is 9.97. The van der Waals surface area contributed by atoms with Gasteiger partial charge in [-0.1, -0.05) is 30.3 Å². The maximum absolute atomic E-state index is 10.8. The Kier molecular flexibility index (Phi) is 6.16. The van der Waals surface area contributed by atoms with Crippen LogP contribution in [-0.4, -0.2) is 35.6 Å². The van der Waals surface area contributed by atoms with Gasteiger partial charge in [-0.15, -0.1) is 12.4 Å². The van der Waals surface area contributed by atoms with E-state index in [9.17, 15) is 4.79 Å². The molecule has 0 bridgehead atoms. The third-order valence-electron chi connectivity index (χ3n) is 3.50. The number of hydrogen-bond acceptors (Lipinski definition) is 2. The van der Waals surface area contributed by atoms with Gasteiger partial charge in [-0.25, -0.2) is 0 Å². The maximum atomic E-state index is 10.8. The van der Waals surface area contributed by atoms with Crippen molar-refractivity contribution in [3.63, 3.8) is 0 Å². The van der Waals surface area contributed by atoms with E-state index in [1.807, 2.05) is 6.07 Å². The van der Waals surface area contributed by atoms with Crippen molar-refractivity contribution in [1.82, 2.24) is 4.90 Å². The van der Waals surface area contributed by atoms with Crippen LogP contribution in [0.25, 0.3) is 0 Å². The van der Waals surface area contributed by atoms with Crippen LogP contribution >= 0.6 is 12.4 Å². The second kappa shape index (κ2) is 7.39. The van der Waals surface area contributed by atoms with E-state index in [4.69, 9.17) is 5.11 Å². The second-order valence-electron chi connectivity index (χ2n) is 4.69. The molecule has 0 unspecified atom stereocenters. The summed E-state index contributed by atoms with van der Waals surface area (Å²) in [5.74, 6) is -0.754. The highest BCUT2D eigenvalue weighted by atomic mass is 35.5. The van der Waals surface area contributed by atoms with Crippen molar-refractivity contribution < 1.29 is 9.90 Å². The van der Waals surface area contributed by atoms with Crippen LogP contribution in [0.3, 0.4) is 0 Å². The third kappa shape index (κ3) is 4.31. The molecule has 1 fully saturated rings. The summed E-state index contributed by atoms with van der Waals surface area (Å²) >= 11 is 0. The lowest BCUT2D eigenvalue weighted by molar-refractivity contribution is -0.143. The minimum atomic E-state index is -0.632. The van der Waals surface area contributed by atoms with Crippen molar-refractivity contribution in [2.24, 2.45) is 5.92 Å². The first-order chi connectivity index (χ1) is 8.25. The molecule has 1 aliphatic rings. The molecule has 0 amide bonds. The van der Waals surface area contributed by atoms with Crippen molar-refractivity contribution in [3.8, 4) is 0 Å². The molecule has 0 radical (unpaired) electrons. The van der Waals surface area contributed by atoms with E-state index >= 15 is 0 Å². The molecule has 1 saturated heterocycles. The van der Waals surface area contributed by atoms with Gasteiger partial charge >= 0.3 is 5.97 Å². The van der Waals surface area contributed by atoms with Gasteiger partial charge in [0.05, 0.1) is 5.92 Å². The van der Waals surface area contributed by atoms with Crippen LogP contribution < -0.4 is 0 Å². The van der Waals surface area contributed by atoms with Crippen LogP contribution in [0.1, 0.15) is 18.4 Å². The summed E-state index contributed by atoms with van der Waals surface area (Å²) in [7, 11) is 0. The molecule has 0 aliphatic carbocycles. The number of carbonyl (C=O) groups is 1. The fourth-order valence-electron chi connectivity index (χ4n) is 2.34. The molecule has 1 heterocycles. The van der Waals surface area contributed by atoms with E-state index in [0.29, 0.717) is 0 Å². The molecule has 1 aliphatic heterocycles. The molecule has 2 rings (SSSR count). The maximum Gasteiger partial charge on any atom is 0.306 e. The Morgan fingerprint density at radius 1 is 1.22 bits per heavy atom. The monoisotopic (exact) mass is 269 g/mol. The molecule has 100 valence electrons. The van der Waals surface area contributed by atoms with Crippen LogP contribution in [0.4, 0.5) is 0 Å². The van der Waals surface area contributed by atoms with E-state index < -0.39 is 5.97 Å². The van der Waals surface area contributed by atoms with E-state index in [2.05, 4.69) is 29.2 Å². The standard InChI is InChI=1S/C14H19NO2.ClH/c16-14(17)13-7-10-15(11-8-13)9-6-12-4-2-1-3-5-12;/h1-5,13H,6-11H2,(H,16,17);1H. The molecule has 0 spiro atoms. The van der Waals surface area contributed by atoms with Crippen LogP contribution in [0, 0.1) is 5.92 Å². The number of nitrogens with zero attached hydrogens (tertiary/aromatic N) is 1. The highest BCUT2D eigenvalue weighted by molar-refractivity contribution is 5.85. The Morgan fingerprint density at radius 3 is 2.39 bits per heavy atom. The van der Waals surface area contributed by atoms with Crippen molar-refractivity contribution in [2.45, 2.75) is 19.3 Å². The number of carboxylic acid groups (broad SMARTS) is 1. The van der Waals surface area contributed by atoms with Crippen LogP contribution in [0.2, 0.25) is 0 Å². The molecule has 1 aromatic rings. The lowest BCUT2D eigenvalue weighted by Crippen LogP contribution is -2.37. The molecule has 3 nitrogen and oxygen atoms in total. The van der Waals surface area contributed by atoms with Gasteiger partial charge in [0, 0.05) is 6.54 Å². The molecule has 0 aromatic heterocycles. The first kappa shape index (κ1) is 15.0. The molecular formula is C14H20ClNO2. The summed E-state index contributed by atoms with van der Waals surface area (Å²) in [4.78, 5) is 13.2. The minimum absolute atomic E-state index is 0. The Hall–Kier alpha value is -1.06. The van der Waals surface area contributed by atoms with Crippen LogP contribution in [0.15, 0.2) is 30.3 Å². The number of hydrogen-bond donors (Lipinski definition) is 1. The van der Waals surface area contributed by atoms with Gasteiger partial charge in [-0.3, -0.25) is 4.79 Å². The van der Waals surface area contributed by atoms with E-state index in [1.165, 1.54) is 5.56 Å². The highest BCUT2D eigenvalue weighted by Gasteiger charge is 2.23. The fourth-order valence-corrected chi connectivity index (χ4v) is 2.34. The molecule has 18 heavy (non-hydrogen) atoms. The van der Waals surface area contributed by atoms with Gasteiger partial charge in [0.2, 0.25) is 0 Å². The summed E-state index contributed by atoms with van der Waals surface area (Å²) in [6, 6.07) is 10.4. The molecular weight excluding hydrogens is 250 g/mol. The van der Waals surface area contributed by atoms with Gasteiger partial charge in [-0.2, -0.15) is 0 Å². The average Bonchev–Trinajstić information content (AvgIpc) is 2.38. The number of halogens is 1. The topological polar surface area (TPSA) is 40.5 Å². The van der Waals surface area contributed by atoms with E-state index in [0.717, 1.165) is 38.9 Å². The van der Waals surface area contributed by atoms with E-state index in [1.54, 1.807) is 0 Å². The molecule has 1 N–H and O–H groups in total. The second-order valence-corrected chi connectivity index (χ2v) is 4.69. The predicted molar refractivity (Wildman–Crippen MR) is 74.2 cm³/mol. The number of rotatable bonds is 4. The minimum Gasteiger partial charge on any atom is -0.481 e. The molecule has 1 aromatic carbocycles. The zero-order valence-corrected chi connectivity index (χ0v) is 11.2. The summed E-state index contributed by atoms with van der Waals surface area (Å²) in [5.41, 5.74) is 1.35. The zero-order chi connectivity index (χ0) is 12.1. The lowest BCUT2D eigenvalue weighted by Gasteiger charge is -2.29. The summed E-state index contributed by atoms with van der Waals surface area (Å²) in [6.45, 7) is 2.88. The van der Waals surface area contributed by atoms with Crippen molar-refractivity contribution in [2.75, 3.05) is 19.6 Å². The average molecular weight is 270 g/mol. The Morgan fingerprint density at radius 2 is 1.83 bits per heavy atom. The Bertz CT molecular complexity index is 361. The highest BCUT2D eigenvalue weighted by Crippen LogP contribution is 2.17. The molecule has 4 heteroatoms. The first-order valence-corrected chi connectivity index (χ1v) is 6.25. The van der Waals surface area contributed by atoms with Gasteiger partial charge < -0.3 is 10.0 Å². The quantitative estimate of drug-likeness (QED) is 0.913. The normalized spacial score (nSPS) is 17.1. The van der Waals surface area contributed by atoms with Crippen molar-refractivity contribution >= 4 is 18.4 Å². The van der Waals surface area contributed by atoms with Gasteiger partial charge in [0.15, 0.2) is 0 Å². The van der Waals surface area contributed by atoms with Crippen molar-refractivity contribution in [1.29, 1.82) is 0 Å². The molecule has 0 atom stereocenters. The zero-order valence-electron chi connectivity index (χ0n) is 10.4.